The number of nitrogens with two attached hydrogens (primary N) is 1. The Bertz CT molecular complexity index is 348. The Balaban J connectivity index is 0.000000362. The maximum absolute atomic E-state index is 9.84. The molecule has 1 rings (SSSR count). The normalized spacial score (nSPS) is 22.3. The highest BCUT2D eigenvalue weighted by Crippen LogP contribution is 2.36. The zero-order valence-electron chi connectivity index (χ0n) is 12.0. The van der Waals surface area contributed by atoms with E-state index in [4.69, 9.17) is 9.79 Å². The number of hydroxylamine groups is 2. The molecule has 1 amide bonds. The molecule has 0 radical (unpaired) electrons. The lowest BCUT2D eigenvalue weighted by Crippen LogP contribution is -2.56. The van der Waals surface area contributed by atoms with Crippen LogP contribution in [0, 0.1) is 0 Å². The summed E-state index contributed by atoms with van der Waals surface area (Å²) in [6, 6.07) is 0. The summed E-state index contributed by atoms with van der Waals surface area (Å²) in [4.78, 5) is 25.7. The van der Waals surface area contributed by atoms with E-state index in [0.29, 0.717) is 0 Å². The zero-order valence-corrected chi connectivity index (χ0v) is 12.9. The molecule has 8 heteroatoms. The van der Waals surface area contributed by atoms with Gasteiger partial charge in [-0.05, 0) is 47.0 Å². The number of carbonyl (C=O) groups is 1. The second-order valence-corrected chi connectivity index (χ2v) is 7.72. The monoisotopic (exact) mass is 296 g/mol. The molecule has 1 heterocycles. The van der Waals surface area contributed by atoms with Crippen molar-refractivity contribution in [3.05, 3.63) is 0 Å². The van der Waals surface area contributed by atoms with Crippen molar-refractivity contribution >= 4 is 13.5 Å². The lowest BCUT2D eigenvalue weighted by Gasteiger charge is -2.48. The number of hydrogen-bond acceptors (Lipinski definition) is 4. The predicted octanol–water partition coefficient (Wildman–Crippen LogP) is 1.07. The Labute approximate surface area is 113 Å². The maximum Gasteiger partial charge on any atom is 0.334 e. The second-order valence-electron chi connectivity index (χ2n) is 6.08. The maximum atomic E-state index is 9.84. The lowest BCUT2D eigenvalue weighted by atomic mass is 9.82. The smallest absolute Gasteiger partial charge is 0.334 e. The first-order valence-corrected chi connectivity index (χ1v) is 7.90. The van der Waals surface area contributed by atoms with Crippen molar-refractivity contribution in [3.8, 4) is 0 Å². The fourth-order valence-electron chi connectivity index (χ4n) is 2.19. The van der Waals surface area contributed by atoms with Crippen molar-refractivity contribution in [2.24, 2.45) is 5.73 Å². The summed E-state index contributed by atoms with van der Waals surface area (Å²) in [7, 11) is -4.20. The fourth-order valence-corrected chi connectivity index (χ4v) is 2.59. The Kier molecular flexibility index (Phi) is 6.17. The predicted molar refractivity (Wildman–Crippen MR) is 71.7 cm³/mol. The largest absolute Gasteiger partial charge is 0.369 e. The number of amides is 1. The van der Waals surface area contributed by atoms with Gasteiger partial charge >= 0.3 is 7.60 Å². The third kappa shape index (κ3) is 7.03. The van der Waals surface area contributed by atoms with Crippen LogP contribution in [0.25, 0.3) is 0 Å². The molecule has 1 fully saturated rings. The molecular weight excluding hydrogens is 271 g/mol. The van der Waals surface area contributed by atoms with E-state index < -0.39 is 19.7 Å². The van der Waals surface area contributed by atoms with E-state index in [0.717, 1.165) is 12.8 Å². The van der Waals surface area contributed by atoms with E-state index in [9.17, 15) is 14.6 Å². The first-order valence-electron chi connectivity index (χ1n) is 6.10. The van der Waals surface area contributed by atoms with Crippen molar-refractivity contribution in [2.75, 3.05) is 6.16 Å². The van der Waals surface area contributed by atoms with Gasteiger partial charge in [-0.1, -0.05) is 0 Å². The van der Waals surface area contributed by atoms with Gasteiger partial charge in [-0.15, -0.1) is 0 Å². The molecular formula is C11H25N2O5P. The molecule has 0 aromatic carbocycles. The third-order valence-corrected chi connectivity index (χ3v) is 3.81. The van der Waals surface area contributed by atoms with Gasteiger partial charge in [-0.2, -0.15) is 5.06 Å². The minimum atomic E-state index is -4.20. The van der Waals surface area contributed by atoms with Gasteiger partial charge in [0.05, 0.1) is 0 Å². The van der Waals surface area contributed by atoms with E-state index in [1.165, 1.54) is 11.5 Å². The molecule has 1 aliphatic rings. The summed E-state index contributed by atoms with van der Waals surface area (Å²) in [5.74, 6) is -0.988. The van der Waals surface area contributed by atoms with Crippen LogP contribution in [-0.2, 0) is 9.36 Å². The van der Waals surface area contributed by atoms with Crippen LogP contribution in [0.2, 0.25) is 0 Å². The molecule has 0 aromatic heterocycles. The Hall–Kier alpha value is -0.460. The highest BCUT2D eigenvalue weighted by Gasteiger charge is 2.40. The summed E-state index contributed by atoms with van der Waals surface area (Å²) in [6.45, 7) is 8.36. The minimum absolute atomic E-state index is 0.0399. The second kappa shape index (κ2) is 6.33. The number of primary amides is 1. The van der Waals surface area contributed by atoms with Crippen LogP contribution in [0.4, 0.5) is 0 Å². The van der Waals surface area contributed by atoms with Crippen molar-refractivity contribution in [2.45, 2.75) is 58.0 Å². The Morgan fingerprint density at radius 1 is 1.21 bits per heavy atom. The van der Waals surface area contributed by atoms with Gasteiger partial charge < -0.3 is 20.7 Å². The molecule has 5 N–H and O–H groups in total. The molecule has 7 nitrogen and oxygen atoms in total. The first-order chi connectivity index (χ1) is 8.28. The van der Waals surface area contributed by atoms with E-state index in [1.54, 1.807) is 0 Å². The summed E-state index contributed by atoms with van der Waals surface area (Å²) >= 11 is 0. The average Bonchev–Trinajstić information content (AvgIpc) is 2.10. The van der Waals surface area contributed by atoms with E-state index in [-0.39, 0.29) is 11.1 Å². The van der Waals surface area contributed by atoms with Gasteiger partial charge in [0.25, 0.3) is 0 Å². The Morgan fingerprint density at radius 3 is 1.74 bits per heavy atom. The topological polar surface area (TPSA) is 124 Å². The highest BCUT2D eigenvalue weighted by atomic mass is 31.2. The van der Waals surface area contributed by atoms with Crippen LogP contribution in [0.3, 0.4) is 0 Å². The number of carbonyl (C=O) groups excluding carboxylic acids is 1. The third-order valence-electron chi connectivity index (χ3n) is 3.09. The molecule has 0 saturated carbocycles. The zero-order chi connectivity index (χ0) is 15.5. The number of nitrogens with zero attached hydrogens (tertiary/aromatic N) is 1. The van der Waals surface area contributed by atoms with Crippen molar-refractivity contribution < 1.29 is 24.4 Å². The summed E-state index contributed by atoms with van der Waals surface area (Å²) in [6.07, 6.45) is 2.53. The fraction of sp³-hybridized carbons (Fsp3) is 0.909. The Morgan fingerprint density at radius 2 is 1.58 bits per heavy atom. The molecule has 0 aromatic rings. The van der Waals surface area contributed by atoms with Crippen LogP contribution in [0.15, 0.2) is 0 Å². The van der Waals surface area contributed by atoms with E-state index in [2.05, 4.69) is 33.4 Å². The van der Waals surface area contributed by atoms with Crippen LogP contribution in [0.5, 0.6) is 0 Å². The molecule has 0 spiro atoms. The van der Waals surface area contributed by atoms with Gasteiger partial charge in [0, 0.05) is 11.1 Å². The van der Waals surface area contributed by atoms with Crippen LogP contribution in [-0.4, -0.2) is 43.2 Å². The standard InChI is InChI=1S/C9H19NO.C2H6NO4P/c1-8(2)6-5-7-9(3,4)10(8)11;3-2(4)1-8(5,6)7/h11H,5-7H2,1-4H3;1H2,(H2,3,4)(H2,5,6,7). The molecule has 0 atom stereocenters. The molecule has 114 valence electrons. The van der Waals surface area contributed by atoms with Crippen LogP contribution < -0.4 is 5.73 Å². The highest BCUT2D eigenvalue weighted by molar-refractivity contribution is 7.52. The number of rotatable bonds is 2. The SMILES string of the molecule is CC1(C)CCCC(C)(C)N1O.NC(=O)CP(=O)(O)O. The number of hydrogen-bond donors (Lipinski definition) is 4. The molecule has 19 heavy (non-hydrogen) atoms. The van der Waals surface area contributed by atoms with Crippen LogP contribution in [0.1, 0.15) is 47.0 Å². The van der Waals surface area contributed by atoms with Gasteiger partial charge in [-0.3, -0.25) is 9.36 Å². The lowest BCUT2D eigenvalue weighted by molar-refractivity contribution is -0.241. The van der Waals surface area contributed by atoms with Gasteiger partial charge in [0.2, 0.25) is 5.91 Å². The van der Waals surface area contributed by atoms with Crippen molar-refractivity contribution in [1.29, 1.82) is 0 Å². The van der Waals surface area contributed by atoms with Crippen molar-refractivity contribution in [1.82, 2.24) is 5.06 Å². The van der Waals surface area contributed by atoms with Gasteiger partial charge in [0.1, 0.15) is 6.16 Å². The number of piperidine rings is 1. The van der Waals surface area contributed by atoms with Crippen LogP contribution >= 0.6 is 7.60 Å². The molecule has 0 aliphatic carbocycles. The molecule has 0 bridgehead atoms. The minimum Gasteiger partial charge on any atom is -0.369 e. The first kappa shape index (κ1) is 18.5. The average molecular weight is 296 g/mol. The summed E-state index contributed by atoms with van der Waals surface area (Å²) in [5.41, 5.74) is 4.37. The summed E-state index contributed by atoms with van der Waals surface area (Å²) < 4.78 is 9.84. The van der Waals surface area contributed by atoms with Gasteiger partial charge in [-0.25, -0.2) is 0 Å². The molecule has 1 aliphatic heterocycles. The van der Waals surface area contributed by atoms with E-state index >= 15 is 0 Å². The van der Waals surface area contributed by atoms with Crippen molar-refractivity contribution in [3.63, 3.8) is 0 Å². The molecule has 0 unspecified atom stereocenters. The molecule has 1 saturated heterocycles. The van der Waals surface area contributed by atoms with Gasteiger partial charge in [0.15, 0.2) is 0 Å². The summed E-state index contributed by atoms with van der Waals surface area (Å²) in [5, 5.41) is 11.3. The quantitative estimate of drug-likeness (QED) is 0.565. The van der Waals surface area contributed by atoms with E-state index in [1.807, 2.05) is 0 Å².